The molecule has 1 aliphatic heterocycles. The fourth-order valence-electron chi connectivity index (χ4n) is 2.75. The number of H-pyrrole nitrogens is 1. The van der Waals surface area contributed by atoms with Gasteiger partial charge in [0.15, 0.2) is 6.79 Å². The Hall–Kier alpha value is -2.26. The van der Waals surface area contributed by atoms with Gasteiger partial charge in [-0.25, -0.2) is 0 Å². The van der Waals surface area contributed by atoms with Gasteiger partial charge < -0.3 is 14.5 Å². The van der Waals surface area contributed by atoms with Crippen molar-refractivity contribution in [3.63, 3.8) is 0 Å². The summed E-state index contributed by atoms with van der Waals surface area (Å²) in [5, 5.41) is 2.48. The Morgan fingerprint density at radius 1 is 1.05 bits per heavy atom. The number of benzene rings is 2. The van der Waals surface area contributed by atoms with Crippen molar-refractivity contribution < 1.29 is 9.47 Å². The van der Waals surface area contributed by atoms with Crippen molar-refractivity contribution in [2.45, 2.75) is 6.92 Å². The number of para-hydroxylation sites is 1. The van der Waals surface area contributed by atoms with Gasteiger partial charge >= 0.3 is 0 Å². The van der Waals surface area contributed by atoms with Gasteiger partial charge in [0, 0.05) is 27.9 Å². The van der Waals surface area contributed by atoms with Crippen LogP contribution in [-0.2, 0) is 4.74 Å². The average Bonchev–Trinajstić information content (AvgIpc) is 2.81. The van der Waals surface area contributed by atoms with Gasteiger partial charge in [0.05, 0.1) is 12.1 Å². The van der Waals surface area contributed by atoms with Gasteiger partial charge in [-0.15, -0.1) is 0 Å². The minimum absolute atomic E-state index is 0.294. The number of fused-ring (bicyclic) bond motifs is 4. The third-order valence-corrected chi connectivity index (χ3v) is 3.84. The zero-order chi connectivity index (χ0) is 13.5. The first kappa shape index (κ1) is 11.6. The Morgan fingerprint density at radius 2 is 1.95 bits per heavy atom. The van der Waals surface area contributed by atoms with Crippen molar-refractivity contribution in [2.24, 2.45) is 0 Å². The van der Waals surface area contributed by atoms with E-state index in [1.807, 2.05) is 6.07 Å². The van der Waals surface area contributed by atoms with Crippen LogP contribution in [0, 0.1) is 0 Å². The number of allylic oxidation sites excluding steroid dienone is 1. The van der Waals surface area contributed by atoms with Gasteiger partial charge in [-0.1, -0.05) is 24.3 Å². The van der Waals surface area contributed by atoms with Crippen molar-refractivity contribution in [1.82, 2.24) is 4.98 Å². The molecule has 0 saturated carbocycles. The molecule has 0 radical (unpaired) electrons. The molecular formula is C17H15NO2. The first-order chi connectivity index (χ1) is 9.83. The number of hydrogen-bond donors (Lipinski definition) is 1. The zero-order valence-corrected chi connectivity index (χ0v) is 11.3. The first-order valence-electron chi connectivity index (χ1n) is 6.75. The van der Waals surface area contributed by atoms with Crippen LogP contribution in [0.4, 0.5) is 0 Å². The number of nitrogens with one attached hydrogen (secondary N) is 1. The highest BCUT2D eigenvalue weighted by molar-refractivity contribution is 6.08. The van der Waals surface area contributed by atoms with Crippen LogP contribution in [0.5, 0.6) is 5.75 Å². The molecule has 3 nitrogen and oxygen atoms in total. The molecular weight excluding hydrogens is 250 g/mol. The van der Waals surface area contributed by atoms with E-state index in [0.717, 1.165) is 22.3 Å². The number of rotatable bonds is 0. The number of ether oxygens (including phenoxy) is 2. The molecule has 3 aromatic rings. The molecule has 0 atom stereocenters. The highest BCUT2D eigenvalue weighted by atomic mass is 16.7. The molecule has 0 saturated heterocycles. The Kier molecular flexibility index (Phi) is 2.54. The smallest absolute Gasteiger partial charge is 0.189 e. The molecule has 0 amide bonds. The molecule has 1 aliphatic rings. The molecule has 0 fully saturated rings. The zero-order valence-electron chi connectivity index (χ0n) is 11.3. The highest BCUT2D eigenvalue weighted by Crippen LogP contribution is 2.35. The van der Waals surface area contributed by atoms with Gasteiger partial charge in [-0.3, -0.25) is 0 Å². The van der Waals surface area contributed by atoms with Gasteiger partial charge in [0.2, 0.25) is 0 Å². The summed E-state index contributed by atoms with van der Waals surface area (Å²) < 4.78 is 11.1. The predicted octanol–water partition coefficient (Wildman–Crippen LogP) is 4.09. The molecule has 0 bridgehead atoms. The van der Waals surface area contributed by atoms with Gasteiger partial charge in [0.1, 0.15) is 5.75 Å². The quantitative estimate of drug-likeness (QED) is 0.664. The Labute approximate surface area is 116 Å². The van der Waals surface area contributed by atoms with Crippen LogP contribution in [0.25, 0.3) is 27.4 Å². The van der Waals surface area contributed by atoms with Gasteiger partial charge in [-0.05, 0) is 24.6 Å². The molecule has 4 rings (SSSR count). The monoisotopic (exact) mass is 265 g/mol. The standard InChI is InChI=1S/C17H15NO2/c1-11-6-7-19-10-20-17-9-16-14(8-13(11)17)12-4-2-3-5-15(12)18-16/h2-6,8-9,18H,7,10H2,1H3/b11-6-. The lowest BCUT2D eigenvalue weighted by Crippen LogP contribution is -2.07. The molecule has 0 aliphatic carbocycles. The SMILES string of the molecule is C/C1=C/COCOc2cc3[nH]c4ccccc4c3cc21. The number of aromatic nitrogens is 1. The van der Waals surface area contributed by atoms with E-state index in [0.29, 0.717) is 13.4 Å². The van der Waals surface area contributed by atoms with Crippen LogP contribution in [0.3, 0.4) is 0 Å². The van der Waals surface area contributed by atoms with Crippen LogP contribution in [0.1, 0.15) is 12.5 Å². The lowest BCUT2D eigenvalue weighted by Gasteiger charge is -2.15. The highest BCUT2D eigenvalue weighted by Gasteiger charge is 2.13. The molecule has 1 aromatic heterocycles. The Morgan fingerprint density at radius 3 is 2.90 bits per heavy atom. The molecule has 2 aromatic carbocycles. The maximum atomic E-state index is 5.72. The van der Waals surface area contributed by atoms with Crippen molar-refractivity contribution in [1.29, 1.82) is 0 Å². The first-order valence-corrected chi connectivity index (χ1v) is 6.75. The predicted molar refractivity (Wildman–Crippen MR) is 80.9 cm³/mol. The minimum atomic E-state index is 0.294. The molecule has 20 heavy (non-hydrogen) atoms. The fraction of sp³-hybridized carbons (Fsp3) is 0.176. The summed E-state index contributed by atoms with van der Waals surface area (Å²) in [6.45, 7) is 2.98. The second-order valence-electron chi connectivity index (χ2n) is 5.08. The molecule has 3 heteroatoms. The van der Waals surface area contributed by atoms with Crippen LogP contribution in [0.15, 0.2) is 42.5 Å². The number of aromatic amines is 1. The third-order valence-electron chi connectivity index (χ3n) is 3.84. The molecule has 0 spiro atoms. The summed E-state index contributed by atoms with van der Waals surface area (Å²) in [5.74, 6) is 0.873. The van der Waals surface area contributed by atoms with Crippen molar-refractivity contribution in [3.8, 4) is 5.75 Å². The van der Waals surface area contributed by atoms with E-state index in [-0.39, 0.29) is 0 Å². The third kappa shape index (κ3) is 1.71. The van der Waals surface area contributed by atoms with Crippen LogP contribution in [0.2, 0.25) is 0 Å². The van der Waals surface area contributed by atoms with Gasteiger partial charge in [-0.2, -0.15) is 0 Å². The molecule has 0 unspecified atom stereocenters. The van der Waals surface area contributed by atoms with E-state index in [1.54, 1.807) is 0 Å². The lowest BCUT2D eigenvalue weighted by molar-refractivity contribution is 0.0295. The summed E-state index contributed by atoms with van der Waals surface area (Å²) in [6.07, 6.45) is 2.10. The second-order valence-corrected chi connectivity index (χ2v) is 5.08. The maximum absolute atomic E-state index is 5.72. The van der Waals surface area contributed by atoms with Crippen molar-refractivity contribution in [3.05, 3.63) is 48.0 Å². The molecule has 1 N–H and O–H groups in total. The summed E-state index contributed by atoms with van der Waals surface area (Å²) in [4.78, 5) is 3.44. The van der Waals surface area contributed by atoms with Crippen LogP contribution >= 0.6 is 0 Å². The summed E-state index contributed by atoms with van der Waals surface area (Å²) in [6, 6.07) is 12.6. The van der Waals surface area contributed by atoms with Crippen molar-refractivity contribution >= 4 is 27.4 Å². The molecule has 2 heterocycles. The van der Waals surface area contributed by atoms with E-state index in [1.165, 1.54) is 16.3 Å². The van der Waals surface area contributed by atoms with E-state index >= 15 is 0 Å². The fourth-order valence-corrected chi connectivity index (χ4v) is 2.75. The normalized spacial score (nSPS) is 17.9. The van der Waals surface area contributed by atoms with E-state index < -0.39 is 0 Å². The van der Waals surface area contributed by atoms with E-state index in [2.05, 4.69) is 48.3 Å². The van der Waals surface area contributed by atoms with E-state index in [4.69, 9.17) is 9.47 Å². The largest absolute Gasteiger partial charge is 0.467 e. The minimum Gasteiger partial charge on any atom is -0.467 e. The summed E-state index contributed by atoms with van der Waals surface area (Å²) >= 11 is 0. The second kappa shape index (κ2) is 4.39. The maximum Gasteiger partial charge on any atom is 0.189 e. The van der Waals surface area contributed by atoms with Gasteiger partial charge in [0.25, 0.3) is 0 Å². The van der Waals surface area contributed by atoms with Crippen LogP contribution < -0.4 is 4.74 Å². The lowest BCUT2D eigenvalue weighted by atomic mass is 10.0. The van der Waals surface area contributed by atoms with Crippen LogP contribution in [-0.4, -0.2) is 18.4 Å². The summed E-state index contributed by atoms with van der Waals surface area (Å²) in [7, 11) is 0. The van der Waals surface area contributed by atoms with Crippen molar-refractivity contribution in [2.75, 3.05) is 13.4 Å². The number of hydrogen-bond acceptors (Lipinski definition) is 2. The summed E-state index contributed by atoms with van der Waals surface area (Å²) in [5.41, 5.74) is 4.58. The van der Waals surface area contributed by atoms with E-state index in [9.17, 15) is 0 Å². The average molecular weight is 265 g/mol. The Bertz CT molecular complexity index is 829. The Balaban J connectivity index is 2.06. The molecule has 100 valence electrons. The topological polar surface area (TPSA) is 34.2 Å².